The molecule has 1 aliphatic rings. The summed E-state index contributed by atoms with van der Waals surface area (Å²) in [4.78, 5) is 21.8. The van der Waals surface area contributed by atoms with Gasteiger partial charge in [-0.05, 0) is 37.5 Å². The van der Waals surface area contributed by atoms with Crippen LogP contribution in [-0.4, -0.2) is 38.1 Å². The fourth-order valence-electron chi connectivity index (χ4n) is 3.65. The number of aromatic nitrogens is 4. The Labute approximate surface area is 161 Å². The van der Waals surface area contributed by atoms with E-state index in [1.54, 1.807) is 4.52 Å². The van der Waals surface area contributed by atoms with Gasteiger partial charge in [-0.15, -0.1) is 5.10 Å². The van der Waals surface area contributed by atoms with Gasteiger partial charge in [0.05, 0.1) is 5.52 Å². The van der Waals surface area contributed by atoms with E-state index in [1.807, 2.05) is 55.5 Å². The van der Waals surface area contributed by atoms with E-state index < -0.39 is 0 Å². The van der Waals surface area contributed by atoms with Gasteiger partial charge in [0.15, 0.2) is 11.5 Å². The Bertz CT molecular complexity index is 1200. The van der Waals surface area contributed by atoms with E-state index in [0.717, 1.165) is 47.1 Å². The van der Waals surface area contributed by atoms with E-state index in [2.05, 4.69) is 10.6 Å². The Balaban J connectivity index is 1.70. The van der Waals surface area contributed by atoms with Crippen LogP contribution in [0.2, 0.25) is 0 Å². The Morgan fingerprint density at radius 1 is 1.11 bits per heavy atom. The first kappa shape index (κ1) is 16.7. The van der Waals surface area contributed by atoms with Crippen molar-refractivity contribution in [1.29, 1.82) is 0 Å². The number of benzene rings is 2. The lowest BCUT2D eigenvalue weighted by molar-refractivity contribution is -0.123. The van der Waals surface area contributed by atoms with Crippen LogP contribution in [-0.2, 0) is 4.79 Å². The predicted molar refractivity (Wildman–Crippen MR) is 108 cm³/mol. The minimum Gasteiger partial charge on any atom is -0.354 e. The molecule has 140 valence electrons. The number of nitrogens with one attached hydrogen (secondary N) is 2. The largest absolute Gasteiger partial charge is 0.354 e. The molecule has 1 aliphatic heterocycles. The van der Waals surface area contributed by atoms with E-state index in [-0.39, 0.29) is 11.9 Å². The molecule has 2 N–H and O–H groups in total. The molecule has 0 aliphatic carbocycles. The molecule has 0 radical (unpaired) electrons. The van der Waals surface area contributed by atoms with Crippen molar-refractivity contribution >= 4 is 28.4 Å². The van der Waals surface area contributed by atoms with Crippen LogP contribution in [0.1, 0.15) is 18.4 Å². The van der Waals surface area contributed by atoms with Gasteiger partial charge in [0, 0.05) is 17.5 Å². The number of piperidine rings is 1. The minimum absolute atomic E-state index is 0.00592. The number of hydrogen-bond donors (Lipinski definition) is 2. The smallest absolute Gasteiger partial charge is 0.242 e. The molecule has 1 amide bonds. The van der Waals surface area contributed by atoms with Crippen molar-refractivity contribution < 1.29 is 4.79 Å². The van der Waals surface area contributed by atoms with Crippen LogP contribution >= 0.6 is 0 Å². The number of nitrogens with zero attached hydrogens (tertiary/aromatic N) is 4. The Morgan fingerprint density at radius 3 is 2.79 bits per heavy atom. The predicted octanol–water partition coefficient (Wildman–Crippen LogP) is 2.94. The minimum atomic E-state index is -0.322. The lowest BCUT2D eigenvalue weighted by Gasteiger charge is -2.23. The molecule has 28 heavy (non-hydrogen) atoms. The zero-order valence-corrected chi connectivity index (χ0v) is 15.5. The highest BCUT2D eigenvalue weighted by molar-refractivity contribution is 5.93. The second-order valence-electron chi connectivity index (χ2n) is 7.07. The maximum Gasteiger partial charge on any atom is 0.242 e. The van der Waals surface area contributed by atoms with Crippen molar-refractivity contribution in [2.45, 2.75) is 25.8 Å². The lowest BCUT2D eigenvalue weighted by Crippen LogP contribution is -2.44. The molecular formula is C21H20N6O. The molecule has 0 unspecified atom stereocenters. The molecule has 7 nitrogen and oxygen atoms in total. The third kappa shape index (κ3) is 2.76. The second-order valence-corrected chi connectivity index (χ2v) is 7.07. The Kier molecular flexibility index (Phi) is 3.93. The summed E-state index contributed by atoms with van der Waals surface area (Å²) in [5, 5.41) is 11.8. The third-order valence-electron chi connectivity index (χ3n) is 5.15. The highest BCUT2D eigenvalue weighted by Gasteiger charge is 2.24. The van der Waals surface area contributed by atoms with Gasteiger partial charge in [0.1, 0.15) is 6.04 Å². The van der Waals surface area contributed by atoms with E-state index >= 15 is 0 Å². The summed E-state index contributed by atoms with van der Waals surface area (Å²) < 4.78 is 1.71. The standard InChI is InChI=1S/C21H20N6O/c1-13-7-2-3-8-14(13)18-25-19-15-9-4-5-10-16(15)23-21(27(19)26-18)24-17-11-6-12-22-20(17)28/h2-5,7-10,17H,6,11-12H2,1H3,(H,22,28)(H,23,24)/t17-/m1/s1. The Morgan fingerprint density at radius 2 is 1.93 bits per heavy atom. The summed E-state index contributed by atoms with van der Waals surface area (Å²) in [6.45, 7) is 2.77. The van der Waals surface area contributed by atoms with Gasteiger partial charge >= 0.3 is 0 Å². The fraction of sp³-hybridized carbons (Fsp3) is 0.238. The molecule has 0 spiro atoms. The molecule has 0 saturated carbocycles. The van der Waals surface area contributed by atoms with Gasteiger partial charge in [-0.3, -0.25) is 4.79 Å². The van der Waals surface area contributed by atoms with Gasteiger partial charge in [-0.2, -0.15) is 4.52 Å². The topological polar surface area (TPSA) is 84.2 Å². The van der Waals surface area contributed by atoms with E-state index in [1.165, 1.54) is 0 Å². The molecule has 5 rings (SSSR count). The summed E-state index contributed by atoms with van der Waals surface area (Å²) in [7, 11) is 0. The molecule has 1 fully saturated rings. The molecule has 4 aromatic rings. The molecule has 3 heterocycles. The van der Waals surface area contributed by atoms with Crippen LogP contribution in [0, 0.1) is 6.92 Å². The molecule has 0 bridgehead atoms. The quantitative estimate of drug-likeness (QED) is 0.578. The molecule has 1 saturated heterocycles. The van der Waals surface area contributed by atoms with Crippen LogP contribution in [0.25, 0.3) is 27.9 Å². The summed E-state index contributed by atoms with van der Waals surface area (Å²) >= 11 is 0. The van der Waals surface area contributed by atoms with Gasteiger partial charge in [0.25, 0.3) is 0 Å². The van der Waals surface area contributed by atoms with Gasteiger partial charge in [-0.25, -0.2) is 9.97 Å². The molecule has 7 heteroatoms. The SMILES string of the molecule is Cc1ccccc1-c1nc2c3ccccc3nc(N[C@@H]3CCCNC3=O)n2n1. The fourth-order valence-corrected chi connectivity index (χ4v) is 3.65. The number of para-hydroxylation sites is 1. The zero-order valence-electron chi connectivity index (χ0n) is 15.5. The van der Waals surface area contributed by atoms with Crippen molar-refractivity contribution in [2.24, 2.45) is 0 Å². The van der Waals surface area contributed by atoms with Gasteiger partial charge in [0.2, 0.25) is 11.9 Å². The average Bonchev–Trinajstić information content (AvgIpc) is 3.16. The number of aryl methyl sites for hydroxylation is 1. The van der Waals surface area contributed by atoms with E-state index in [4.69, 9.17) is 15.1 Å². The molecule has 2 aromatic carbocycles. The molecule has 1 atom stereocenters. The zero-order chi connectivity index (χ0) is 19.1. The molecular weight excluding hydrogens is 352 g/mol. The summed E-state index contributed by atoms with van der Waals surface area (Å²) in [6.07, 6.45) is 1.70. The average molecular weight is 372 g/mol. The summed E-state index contributed by atoms with van der Waals surface area (Å²) in [5.41, 5.74) is 3.63. The van der Waals surface area contributed by atoms with Crippen molar-refractivity contribution in [2.75, 3.05) is 11.9 Å². The number of fused-ring (bicyclic) bond motifs is 3. The maximum atomic E-state index is 12.2. The first-order chi connectivity index (χ1) is 13.7. The number of carbonyl (C=O) groups excluding carboxylic acids is 1. The number of carbonyl (C=O) groups is 1. The lowest BCUT2D eigenvalue weighted by atomic mass is 10.1. The van der Waals surface area contributed by atoms with E-state index in [9.17, 15) is 4.79 Å². The first-order valence-corrected chi connectivity index (χ1v) is 9.46. The number of anilines is 1. The van der Waals surface area contributed by atoms with Crippen LogP contribution in [0.5, 0.6) is 0 Å². The highest BCUT2D eigenvalue weighted by atomic mass is 16.2. The number of rotatable bonds is 3. The summed E-state index contributed by atoms with van der Waals surface area (Å²) in [6, 6.07) is 15.6. The van der Waals surface area contributed by atoms with Crippen molar-refractivity contribution in [1.82, 2.24) is 24.9 Å². The van der Waals surface area contributed by atoms with Crippen LogP contribution in [0.15, 0.2) is 48.5 Å². The highest BCUT2D eigenvalue weighted by Crippen LogP contribution is 2.26. The normalized spacial score (nSPS) is 17.0. The second kappa shape index (κ2) is 6.60. The molecule has 2 aromatic heterocycles. The van der Waals surface area contributed by atoms with Crippen molar-refractivity contribution in [3.8, 4) is 11.4 Å². The van der Waals surface area contributed by atoms with Crippen LogP contribution in [0.4, 0.5) is 5.95 Å². The van der Waals surface area contributed by atoms with Crippen molar-refractivity contribution in [3.63, 3.8) is 0 Å². The van der Waals surface area contributed by atoms with Crippen LogP contribution in [0.3, 0.4) is 0 Å². The first-order valence-electron chi connectivity index (χ1n) is 9.46. The number of hydrogen-bond acceptors (Lipinski definition) is 5. The van der Waals surface area contributed by atoms with Gasteiger partial charge < -0.3 is 10.6 Å². The van der Waals surface area contributed by atoms with Crippen LogP contribution < -0.4 is 10.6 Å². The number of amides is 1. The third-order valence-corrected chi connectivity index (χ3v) is 5.15. The van der Waals surface area contributed by atoms with Crippen molar-refractivity contribution in [3.05, 3.63) is 54.1 Å². The van der Waals surface area contributed by atoms with E-state index in [0.29, 0.717) is 11.8 Å². The van der Waals surface area contributed by atoms with Gasteiger partial charge in [-0.1, -0.05) is 36.4 Å². The maximum absolute atomic E-state index is 12.2. The monoisotopic (exact) mass is 372 g/mol. The Hall–Kier alpha value is -3.48. The summed E-state index contributed by atoms with van der Waals surface area (Å²) in [5.74, 6) is 1.17.